The second-order valence-corrected chi connectivity index (χ2v) is 7.71. The van der Waals surface area contributed by atoms with Gasteiger partial charge in [-0.3, -0.25) is 0 Å². The summed E-state index contributed by atoms with van der Waals surface area (Å²) in [5, 5.41) is 10.7. The molecule has 4 rings (SSSR count). The molecule has 0 saturated carbocycles. The quantitative estimate of drug-likeness (QED) is 0.914. The van der Waals surface area contributed by atoms with Crippen LogP contribution in [-0.2, 0) is 0 Å². The number of benzene rings is 2. The molecule has 1 atom stereocenters. The molecule has 0 aromatic heterocycles. The second kappa shape index (κ2) is 6.68. The summed E-state index contributed by atoms with van der Waals surface area (Å²) in [5.74, 6) is 0.307. The average molecular weight is 325 g/mol. The van der Waals surface area contributed by atoms with Crippen LogP contribution in [0.2, 0.25) is 0 Å². The van der Waals surface area contributed by atoms with Gasteiger partial charge in [-0.1, -0.05) is 48.2 Å². The molecule has 1 N–H and O–H groups in total. The Bertz CT molecular complexity index is 635. The smallest absolute Gasteiger partial charge is 0.0676 e. The Morgan fingerprint density at radius 2 is 1.52 bits per heavy atom. The highest BCUT2D eigenvalue weighted by atomic mass is 32.2. The molecule has 120 valence electrons. The van der Waals surface area contributed by atoms with Crippen LogP contribution in [0.3, 0.4) is 0 Å². The fourth-order valence-electron chi connectivity index (χ4n) is 3.87. The highest BCUT2D eigenvalue weighted by Crippen LogP contribution is 2.47. The third-order valence-electron chi connectivity index (χ3n) is 4.98. The van der Waals surface area contributed by atoms with Crippen molar-refractivity contribution in [1.82, 2.24) is 4.90 Å². The van der Waals surface area contributed by atoms with Gasteiger partial charge in [-0.2, -0.15) is 0 Å². The summed E-state index contributed by atoms with van der Waals surface area (Å²) in [5.41, 5.74) is 2.74. The number of β-amino-alcohol motifs (C(OH)–C–C–N with tert-alkyl or cyclic N) is 1. The lowest BCUT2D eigenvalue weighted by Crippen LogP contribution is -2.31. The molecule has 0 unspecified atom stereocenters. The van der Waals surface area contributed by atoms with E-state index in [0.717, 1.165) is 26.1 Å². The Morgan fingerprint density at radius 1 is 0.957 bits per heavy atom. The minimum absolute atomic E-state index is 0.262. The van der Waals surface area contributed by atoms with Crippen LogP contribution < -0.4 is 0 Å². The summed E-state index contributed by atoms with van der Waals surface area (Å²) in [6.07, 6.45) is 3.10. The van der Waals surface area contributed by atoms with Crippen LogP contribution in [0.5, 0.6) is 0 Å². The van der Waals surface area contributed by atoms with Crippen LogP contribution in [0, 0.1) is 0 Å². The van der Waals surface area contributed by atoms with Crippen molar-refractivity contribution < 1.29 is 5.11 Å². The summed E-state index contributed by atoms with van der Waals surface area (Å²) in [6.45, 7) is 3.10. The molecule has 0 radical (unpaired) electrons. The number of hydrogen-bond donors (Lipinski definition) is 1. The minimum Gasteiger partial charge on any atom is -0.392 e. The fourth-order valence-corrected chi connectivity index (χ4v) is 5.06. The molecule has 2 nitrogen and oxygen atoms in total. The number of nitrogens with zero attached hydrogens (tertiary/aromatic N) is 1. The van der Waals surface area contributed by atoms with Crippen molar-refractivity contribution in [3.05, 3.63) is 59.7 Å². The predicted octanol–water partition coefficient (Wildman–Crippen LogP) is 4.13. The van der Waals surface area contributed by atoms with Crippen LogP contribution in [0.4, 0.5) is 0 Å². The molecule has 2 aromatic carbocycles. The van der Waals surface area contributed by atoms with E-state index in [1.807, 2.05) is 11.8 Å². The number of likely N-dealkylation sites (tertiary alicyclic amines) is 1. The van der Waals surface area contributed by atoms with Gasteiger partial charge in [0, 0.05) is 22.3 Å². The number of hydrogen-bond acceptors (Lipinski definition) is 3. The van der Waals surface area contributed by atoms with Crippen molar-refractivity contribution in [2.24, 2.45) is 0 Å². The highest BCUT2D eigenvalue weighted by molar-refractivity contribution is 7.99. The van der Waals surface area contributed by atoms with Crippen LogP contribution in [0.25, 0.3) is 0 Å². The lowest BCUT2D eigenvalue weighted by atomic mass is 9.86. The Morgan fingerprint density at radius 3 is 2.13 bits per heavy atom. The van der Waals surface area contributed by atoms with Gasteiger partial charge < -0.3 is 10.0 Å². The largest absolute Gasteiger partial charge is 0.392 e. The Kier molecular flexibility index (Phi) is 4.43. The summed E-state index contributed by atoms with van der Waals surface area (Å²) in [7, 11) is 0. The molecule has 1 saturated heterocycles. The van der Waals surface area contributed by atoms with Gasteiger partial charge in [0.2, 0.25) is 0 Å². The first-order valence-electron chi connectivity index (χ1n) is 8.57. The summed E-state index contributed by atoms with van der Waals surface area (Å²) in [4.78, 5) is 5.08. The molecule has 0 spiro atoms. The molecule has 23 heavy (non-hydrogen) atoms. The highest BCUT2D eigenvalue weighted by Gasteiger charge is 2.28. The third-order valence-corrected chi connectivity index (χ3v) is 6.17. The van der Waals surface area contributed by atoms with E-state index >= 15 is 0 Å². The molecule has 0 bridgehead atoms. The fraction of sp³-hybridized carbons (Fsp3) is 0.400. The van der Waals surface area contributed by atoms with E-state index in [0.29, 0.717) is 5.92 Å². The monoisotopic (exact) mass is 325 g/mol. The molecule has 2 aliphatic heterocycles. The van der Waals surface area contributed by atoms with Crippen molar-refractivity contribution in [3.8, 4) is 0 Å². The summed E-state index contributed by atoms with van der Waals surface area (Å²) < 4.78 is 0. The van der Waals surface area contributed by atoms with Gasteiger partial charge in [-0.15, -0.1) is 0 Å². The number of fused-ring (bicyclic) bond motifs is 2. The Labute approximate surface area is 142 Å². The zero-order chi connectivity index (χ0) is 15.6. The van der Waals surface area contributed by atoms with E-state index in [1.165, 1.54) is 33.8 Å². The Hall–Kier alpha value is -1.29. The summed E-state index contributed by atoms with van der Waals surface area (Å²) in [6, 6.07) is 17.3. The average Bonchev–Trinajstić information content (AvgIpc) is 3.07. The van der Waals surface area contributed by atoms with E-state index in [1.54, 1.807) is 0 Å². The molecule has 0 amide bonds. The van der Waals surface area contributed by atoms with Gasteiger partial charge in [0.05, 0.1) is 6.10 Å². The SMILES string of the molecule is O[C@@H](CC1c2ccccc2Sc2ccccc21)CN1CCCC1. The molecule has 3 heteroatoms. The molecular formula is C20H23NOS. The van der Waals surface area contributed by atoms with Gasteiger partial charge in [0.25, 0.3) is 0 Å². The van der Waals surface area contributed by atoms with E-state index in [4.69, 9.17) is 0 Å². The van der Waals surface area contributed by atoms with Crippen LogP contribution in [-0.4, -0.2) is 35.7 Å². The summed E-state index contributed by atoms with van der Waals surface area (Å²) >= 11 is 1.85. The minimum atomic E-state index is -0.262. The maximum Gasteiger partial charge on any atom is 0.0676 e. The topological polar surface area (TPSA) is 23.5 Å². The zero-order valence-corrected chi connectivity index (χ0v) is 14.1. The van der Waals surface area contributed by atoms with Crippen LogP contribution in [0.1, 0.15) is 36.3 Å². The van der Waals surface area contributed by atoms with Crippen molar-refractivity contribution >= 4 is 11.8 Å². The number of rotatable bonds is 4. The van der Waals surface area contributed by atoms with Gasteiger partial charge in [-0.25, -0.2) is 0 Å². The predicted molar refractivity (Wildman–Crippen MR) is 95.1 cm³/mol. The van der Waals surface area contributed by atoms with Crippen LogP contribution >= 0.6 is 11.8 Å². The lowest BCUT2D eigenvalue weighted by Gasteiger charge is -2.30. The van der Waals surface area contributed by atoms with E-state index in [2.05, 4.69) is 53.4 Å². The lowest BCUT2D eigenvalue weighted by molar-refractivity contribution is 0.113. The first-order chi connectivity index (χ1) is 11.3. The van der Waals surface area contributed by atoms with Crippen molar-refractivity contribution in [1.29, 1.82) is 0 Å². The van der Waals surface area contributed by atoms with Gasteiger partial charge >= 0.3 is 0 Å². The number of aliphatic hydroxyl groups is 1. The van der Waals surface area contributed by atoms with Gasteiger partial charge in [-0.05, 0) is 55.6 Å². The maximum absolute atomic E-state index is 10.7. The molecule has 1 fully saturated rings. The van der Waals surface area contributed by atoms with Crippen molar-refractivity contribution in [2.75, 3.05) is 19.6 Å². The normalized spacial score (nSPS) is 19.3. The molecule has 2 aliphatic rings. The Balaban J connectivity index is 1.59. The van der Waals surface area contributed by atoms with Crippen LogP contribution in [0.15, 0.2) is 58.3 Å². The van der Waals surface area contributed by atoms with Gasteiger partial charge in [0.15, 0.2) is 0 Å². The number of aliphatic hydroxyl groups excluding tert-OH is 1. The molecule has 2 heterocycles. The van der Waals surface area contributed by atoms with Gasteiger partial charge in [0.1, 0.15) is 0 Å². The van der Waals surface area contributed by atoms with E-state index < -0.39 is 0 Å². The molecule has 0 aliphatic carbocycles. The zero-order valence-electron chi connectivity index (χ0n) is 13.3. The van der Waals surface area contributed by atoms with E-state index in [-0.39, 0.29) is 6.10 Å². The molecule has 2 aromatic rings. The second-order valence-electron chi connectivity index (χ2n) is 6.63. The van der Waals surface area contributed by atoms with Crippen molar-refractivity contribution in [3.63, 3.8) is 0 Å². The first kappa shape index (κ1) is 15.3. The maximum atomic E-state index is 10.7. The first-order valence-corrected chi connectivity index (χ1v) is 9.39. The third kappa shape index (κ3) is 3.18. The standard InChI is InChI=1S/C20H23NOS/c22-15(14-21-11-5-6-12-21)13-18-16-7-1-3-9-19(16)23-20-10-4-2-8-17(18)20/h1-4,7-10,15,18,22H,5-6,11-14H2/t15-/m0/s1. The molecular weight excluding hydrogens is 302 g/mol. The van der Waals surface area contributed by atoms with Crippen molar-refractivity contribution in [2.45, 2.75) is 41.1 Å². The van der Waals surface area contributed by atoms with E-state index in [9.17, 15) is 5.11 Å².